The van der Waals surface area contributed by atoms with Crippen LogP contribution in [0.5, 0.6) is 5.75 Å². The summed E-state index contributed by atoms with van der Waals surface area (Å²) in [6.45, 7) is 4.13. The number of hydrogen-bond acceptors (Lipinski definition) is 9. The van der Waals surface area contributed by atoms with E-state index < -0.39 is 0 Å². The van der Waals surface area contributed by atoms with Gasteiger partial charge in [-0.05, 0) is 49.2 Å². The van der Waals surface area contributed by atoms with Gasteiger partial charge in [-0.2, -0.15) is 9.97 Å². The number of anilines is 3. The second-order valence-corrected chi connectivity index (χ2v) is 9.01. The molecule has 6 rings (SSSR count). The number of hydrogen-bond donors (Lipinski definition) is 2. The van der Waals surface area contributed by atoms with Crippen LogP contribution in [-0.4, -0.2) is 80.1 Å². The molecule has 1 atom stereocenters. The summed E-state index contributed by atoms with van der Waals surface area (Å²) in [5.41, 5.74) is 3.46. The van der Waals surface area contributed by atoms with Crippen LogP contribution in [0.4, 0.5) is 17.5 Å². The van der Waals surface area contributed by atoms with E-state index in [1.54, 1.807) is 30.9 Å². The summed E-state index contributed by atoms with van der Waals surface area (Å²) in [6, 6.07) is 11.3. The summed E-state index contributed by atoms with van der Waals surface area (Å²) in [5.74, 6) is 1.73. The van der Waals surface area contributed by atoms with Gasteiger partial charge in [-0.25, -0.2) is 4.98 Å². The number of piperazine rings is 1. The SMILES string of the molecule is OC[C@H]1CCCN1c1nc(N2CCN(c3ccc(O)cc3)CC2)nc2c1ncn2-c1cccnc1. The topological polar surface area (TPSA) is 107 Å². The number of fused-ring (bicyclic) bond motifs is 1. The second kappa shape index (κ2) is 9.03. The fourth-order valence-corrected chi connectivity index (χ4v) is 5.03. The van der Waals surface area contributed by atoms with E-state index in [1.165, 1.54) is 0 Å². The molecule has 0 amide bonds. The number of phenolic OH excluding ortho intramolecular Hbond substituents is 1. The van der Waals surface area contributed by atoms with E-state index in [-0.39, 0.29) is 18.4 Å². The summed E-state index contributed by atoms with van der Waals surface area (Å²) in [4.78, 5) is 25.6. The van der Waals surface area contributed by atoms with Crippen molar-refractivity contribution >= 4 is 28.6 Å². The van der Waals surface area contributed by atoms with Crippen LogP contribution in [0, 0.1) is 0 Å². The minimum Gasteiger partial charge on any atom is -0.508 e. The van der Waals surface area contributed by atoms with Crippen molar-refractivity contribution in [3.63, 3.8) is 0 Å². The number of phenols is 1. The maximum atomic E-state index is 9.98. The third-order valence-corrected chi connectivity index (χ3v) is 6.93. The number of nitrogens with zero attached hydrogens (tertiary/aromatic N) is 8. The number of imidazole rings is 1. The first kappa shape index (κ1) is 21.6. The largest absolute Gasteiger partial charge is 0.508 e. The number of benzene rings is 1. The predicted molar refractivity (Wildman–Crippen MR) is 134 cm³/mol. The van der Waals surface area contributed by atoms with Crippen molar-refractivity contribution < 1.29 is 10.2 Å². The monoisotopic (exact) mass is 472 g/mol. The molecule has 0 saturated carbocycles. The minimum atomic E-state index is 0.0378. The third kappa shape index (κ3) is 3.99. The van der Waals surface area contributed by atoms with E-state index >= 15 is 0 Å². The van der Waals surface area contributed by atoms with Crippen molar-refractivity contribution in [2.45, 2.75) is 18.9 Å². The highest BCUT2D eigenvalue weighted by molar-refractivity contribution is 5.86. The highest BCUT2D eigenvalue weighted by atomic mass is 16.3. The van der Waals surface area contributed by atoms with Crippen molar-refractivity contribution in [2.75, 3.05) is 54.0 Å². The Morgan fingerprint density at radius 1 is 0.914 bits per heavy atom. The first-order valence-corrected chi connectivity index (χ1v) is 12.0. The van der Waals surface area contributed by atoms with Crippen molar-refractivity contribution in [3.8, 4) is 11.4 Å². The molecule has 2 fully saturated rings. The molecule has 2 aliphatic heterocycles. The van der Waals surface area contributed by atoms with Crippen LogP contribution >= 0.6 is 0 Å². The highest BCUT2D eigenvalue weighted by Crippen LogP contribution is 2.32. The number of aromatic hydroxyl groups is 1. The number of rotatable bonds is 5. The van der Waals surface area contributed by atoms with Crippen LogP contribution in [-0.2, 0) is 0 Å². The Labute approximate surface area is 203 Å². The maximum Gasteiger partial charge on any atom is 0.229 e. The molecule has 0 spiro atoms. The van der Waals surface area contributed by atoms with Crippen molar-refractivity contribution in [1.29, 1.82) is 0 Å². The molecule has 0 radical (unpaired) electrons. The van der Waals surface area contributed by atoms with Crippen LogP contribution in [0.15, 0.2) is 55.1 Å². The quantitative estimate of drug-likeness (QED) is 0.452. The summed E-state index contributed by atoms with van der Waals surface area (Å²) in [6.07, 6.45) is 7.27. The Bertz CT molecular complexity index is 1300. The zero-order chi connectivity index (χ0) is 23.8. The van der Waals surface area contributed by atoms with Gasteiger partial charge in [0, 0.05) is 44.6 Å². The van der Waals surface area contributed by atoms with Gasteiger partial charge in [0.05, 0.1) is 24.5 Å². The number of aliphatic hydroxyl groups excluding tert-OH is 1. The van der Waals surface area contributed by atoms with Crippen molar-refractivity contribution in [2.24, 2.45) is 0 Å². The first-order chi connectivity index (χ1) is 17.2. The van der Waals surface area contributed by atoms with Crippen LogP contribution in [0.3, 0.4) is 0 Å². The average Bonchev–Trinajstić information content (AvgIpc) is 3.56. The number of aromatic nitrogens is 5. The molecular weight excluding hydrogens is 444 g/mol. The standard InChI is InChI=1S/C25H28N8O2/c34-16-20-4-2-10-32(20)23-22-24(33(17-27-22)19-3-1-9-26-15-19)29-25(28-23)31-13-11-30(12-14-31)18-5-7-21(35)8-6-18/h1,3,5-9,15,17,20,34-35H,2,4,10-14,16H2/t20-/m1/s1. The average molecular weight is 473 g/mol. The van der Waals surface area contributed by atoms with Gasteiger partial charge in [-0.3, -0.25) is 9.55 Å². The van der Waals surface area contributed by atoms with Gasteiger partial charge in [0.15, 0.2) is 17.0 Å². The summed E-state index contributed by atoms with van der Waals surface area (Å²) >= 11 is 0. The molecule has 0 bridgehead atoms. The van der Waals surface area contributed by atoms with E-state index in [0.717, 1.165) is 73.9 Å². The minimum absolute atomic E-state index is 0.0378. The smallest absolute Gasteiger partial charge is 0.229 e. The zero-order valence-corrected chi connectivity index (χ0v) is 19.4. The van der Waals surface area contributed by atoms with Crippen molar-refractivity contribution in [1.82, 2.24) is 24.5 Å². The lowest BCUT2D eigenvalue weighted by atomic mass is 10.2. The Hall–Kier alpha value is -3.92. The van der Waals surface area contributed by atoms with E-state index in [4.69, 9.17) is 15.0 Å². The maximum absolute atomic E-state index is 9.98. The van der Waals surface area contributed by atoms with Crippen molar-refractivity contribution in [3.05, 3.63) is 55.1 Å². The van der Waals surface area contributed by atoms with E-state index in [0.29, 0.717) is 5.95 Å². The molecule has 35 heavy (non-hydrogen) atoms. The molecule has 2 saturated heterocycles. The molecule has 0 aliphatic carbocycles. The molecule has 10 nitrogen and oxygen atoms in total. The molecule has 3 aromatic heterocycles. The molecule has 1 aromatic carbocycles. The Kier molecular flexibility index (Phi) is 5.57. The second-order valence-electron chi connectivity index (χ2n) is 9.01. The summed E-state index contributed by atoms with van der Waals surface area (Å²) < 4.78 is 1.95. The molecule has 2 aliphatic rings. The van der Waals surface area contributed by atoms with Gasteiger partial charge >= 0.3 is 0 Å². The molecule has 4 aromatic rings. The van der Waals surface area contributed by atoms with Crippen LogP contribution < -0.4 is 14.7 Å². The van der Waals surface area contributed by atoms with Gasteiger partial charge in [0.2, 0.25) is 5.95 Å². The molecular formula is C25H28N8O2. The van der Waals surface area contributed by atoms with Crippen LogP contribution in [0.25, 0.3) is 16.9 Å². The Morgan fingerprint density at radius 3 is 2.46 bits per heavy atom. The Morgan fingerprint density at radius 2 is 1.71 bits per heavy atom. The van der Waals surface area contributed by atoms with E-state index in [1.807, 2.05) is 28.8 Å². The zero-order valence-electron chi connectivity index (χ0n) is 19.4. The molecule has 10 heteroatoms. The van der Waals surface area contributed by atoms with Crippen LogP contribution in [0.2, 0.25) is 0 Å². The number of pyridine rings is 1. The highest BCUT2D eigenvalue weighted by Gasteiger charge is 2.30. The normalized spacial score (nSPS) is 18.5. The van der Waals surface area contributed by atoms with E-state index in [2.05, 4.69) is 19.7 Å². The lowest BCUT2D eigenvalue weighted by molar-refractivity contribution is 0.266. The summed E-state index contributed by atoms with van der Waals surface area (Å²) in [5, 5.41) is 19.6. The van der Waals surface area contributed by atoms with E-state index in [9.17, 15) is 10.2 Å². The van der Waals surface area contributed by atoms with Gasteiger partial charge in [0.25, 0.3) is 0 Å². The van der Waals surface area contributed by atoms with Gasteiger partial charge in [-0.15, -0.1) is 0 Å². The van der Waals surface area contributed by atoms with Gasteiger partial charge in [0.1, 0.15) is 12.1 Å². The van der Waals surface area contributed by atoms with Gasteiger partial charge < -0.3 is 24.9 Å². The molecule has 5 heterocycles. The lowest BCUT2D eigenvalue weighted by Crippen LogP contribution is -2.47. The van der Waals surface area contributed by atoms with Crippen LogP contribution in [0.1, 0.15) is 12.8 Å². The molecule has 0 unspecified atom stereocenters. The molecule has 2 N–H and O–H groups in total. The number of aliphatic hydroxyl groups is 1. The van der Waals surface area contributed by atoms with Gasteiger partial charge in [-0.1, -0.05) is 0 Å². The third-order valence-electron chi connectivity index (χ3n) is 6.93. The lowest BCUT2D eigenvalue weighted by Gasteiger charge is -2.36. The fourth-order valence-electron chi connectivity index (χ4n) is 5.03. The Balaban J connectivity index is 1.36. The summed E-state index contributed by atoms with van der Waals surface area (Å²) in [7, 11) is 0. The predicted octanol–water partition coefficient (Wildman–Crippen LogP) is 2.20. The molecule has 180 valence electrons. The fraction of sp³-hybridized carbons (Fsp3) is 0.360. The first-order valence-electron chi connectivity index (χ1n) is 12.0.